The van der Waals surface area contributed by atoms with E-state index in [9.17, 15) is 17.9 Å². The van der Waals surface area contributed by atoms with Gasteiger partial charge in [0.25, 0.3) is 0 Å². The number of nitrogens with zero attached hydrogens (tertiary/aromatic N) is 6. The maximum atomic E-state index is 14.7. The molecule has 10 nitrogen and oxygen atoms in total. The molecule has 2 N–H and O–H groups in total. The molecule has 0 aromatic carbocycles. The molecule has 5 heterocycles. The van der Waals surface area contributed by atoms with Crippen molar-refractivity contribution in [1.82, 2.24) is 19.9 Å². The Balaban J connectivity index is 1.37. The Morgan fingerprint density at radius 2 is 1.95 bits per heavy atom. The summed E-state index contributed by atoms with van der Waals surface area (Å²) in [7, 11) is -3.01. The molecule has 0 unspecified atom stereocenters. The van der Waals surface area contributed by atoms with Crippen molar-refractivity contribution in [2.24, 2.45) is 5.92 Å². The number of rotatable bonds is 7. The average Bonchev–Trinajstić information content (AvgIpc) is 2.82. The van der Waals surface area contributed by atoms with Gasteiger partial charge in [-0.05, 0) is 42.8 Å². The van der Waals surface area contributed by atoms with Gasteiger partial charge in [-0.25, -0.2) is 27.8 Å². The number of hydrogen-bond donors (Lipinski definition) is 2. The fraction of sp³-hybridized carbons (Fsp3) is 0.520. The van der Waals surface area contributed by atoms with Crippen LogP contribution in [0.25, 0.3) is 10.8 Å². The molecule has 2 saturated heterocycles. The van der Waals surface area contributed by atoms with Crippen molar-refractivity contribution in [3.05, 3.63) is 36.3 Å². The lowest BCUT2D eigenvalue weighted by Gasteiger charge is -2.40. The summed E-state index contributed by atoms with van der Waals surface area (Å²) >= 11 is 0. The van der Waals surface area contributed by atoms with Crippen LogP contribution in [0, 0.1) is 5.92 Å². The van der Waals surface area contributed by atoms with E-state index in [4.69, 9.17) is 0 Å². The lowest BCUT2D eigenvalue weighted by molar-refractivity contribution is -0.00860. The molecule has 0 saturated carbocycles. The molecule has 0 spiro atoms. The Labute approximate surface area is 215 Å². The largest absolute Gasteiger partial charge is 0.390 e. The number of fused-ring (bicyclic) bond motifs is 1. The lowest BCUT2D eigenvalue weighted by Crippen LogP contribution is -2.52. The van der Waals surface area contributed by atoms with Gasteiger partial charge < -0.3 is 20.2 Å². The topological polar surface area (TPSA) is 124 Å². The number of aliphatic hydroxyl groups is 1. The standard InChI is InChI=1S/C25H32FN7O3S/c1-4-17-10-29-23(33-12-16(13-33)14-37(3,35)36)19-11-28-22(9-18(17)19)30-21-5-7-27-24(31-21)32-8-6-20(34)25(2,26)15-32/h5,7,9-11,16,20,34H,4,6,8,12-15H2,1-3H3,(H,27,28,30,31)/t20-,25+/m1/s1. The van der Waals surface area contributed by atoms with Crippen LogP contribution in [-0.2, 0) is 16.3 Å². The quantitative estimate of drug-likeness (QED) is 0.472. The predicted molar refractivity (Wildman–Crippen MR) is 142 cm³/mol. The number of aromatic nitrogens is 4. The van der Waals surface area contributed by atoms with Gasteiger partial charge in [0.15, 0.2) is 5.67 Å². The van der Waals surface area contributed by atoms with E-state index in [0.29, 0.717) is 43.6 Å². The Kier molecular flexibility index (Phi) is 6.65. The molecule has 5 rings (SSSR count). The summed E-state index contributed by atoms with van der Waals surface area (Å²) in [5.74, 6) is 2.63. The zero-order valence-corrected chi connectivity index (χ0v) is 22.0. The summed E-state index contributed by atoms with van der Waals surface area (Å²) in [6.07, 6.45) is 6.64. The number of pyridine rings is 2. The van der Waals surface area contributed by atoms with Crippen molar-refractivity contribution in [2.45, 2.75) is 38.5 Å². The number of anilines is 4. The number of alkyl halides is 1. The van der Waals surface area contributed by atoms with E-state index in [1.54, 1.807) is 23.4 Å². The fourth-order valence-corrected chi connectivity index (χ4v) is 6.13. The first-order valence-electron chi connectivity index (χ1n) is 12.4. The molecule has 2 atom stereocenters. The number of piperidine rings is 1. The van der Waals surface area contributed by atoms with Crippen LogP contribution < -0.4 is 15.1 Å². The van der Waals surface area contributed by atoms with Gasteiger partial charge in [0, 0.05) is 55.8 Å². The minimum absolute atomic E-state index is 0.0169. The van der Waals surface area contributed by atoms with Crippen LogP contribution in [0.3, 0.4) is 0 Å². The highest BCUT2D eigenvalue weighted by atomic mass is 32.2. The van der Waals surface area contributed by atoms with Crippen molar-refractivity contribution in [1.29, 1.82) is 0 Å². The highest BCUT2D eigenvalue weighted by Gasteiger charge is 2.39. The summed E-state index contributed by atoms with van der Waals surface area (Å²) in [5, 5.41) is 15.1. The minimum Gasteiger partial charge on any atom is -0.390 e. The van der Waals surface area contributed by atoms with Crippen molar-refractivity contribution < 1.29 is 17.9 Å². The van der Waals surface area contributed by atoms with Gasteiger partial charge in [0.05, 0.1) is 18.4 Å². The maximum absolute atomic E-state index is 14.7. The highest BCUT2D eigenvalue weighted by Crippen LogP contribution is 2.33. The normalized spacial score (nSPS) is 22.8. The molecule has 0 amide bonds. The number of nitrogens with one attached hydrogen (secondary N) is 1. The molecule has 3 aromatic rings. The second-order valence-electron chi connectivity index (χ2n) is 10.3. The molecule has 12 heteroatoms. The summed E-state index contributed by atoms with van der Waals surface area (Å²) in [6.45, 7) is 5.25. The highest BCUT2D eigenvalue weighted by molar-refractivity contribution is 7.90. The summed E-state index contributed by atoms with van der Waals surface area (Å²) in [4.78, 5) is 22.0. The Morgan fingerprint density at radius 1 is 1.16 bits per heavy atom. The maximum Gasteiger partial charge on any atom is 0.227 e. The van der Waals surface area contributed by atoms with Gasteiger partial charge in [-0.3, -0.25) is 0 Å². The van der Waals surface area contributed by atoms with Crippen LogP contribution in [0.15, 0.2) is 30.7 Å². The van der Waals surface area contributed by atoms with Gasteiger partial charge in [0.1, 0.15) is 27.3 Å². The summed E-state index contributed by atoms with van der Waals surface area (Å²) in [6, 6.07) is 3.69. The average molecular weight is 530 g/mol. The van der Waals surface area contributed by atoms with Gasteiger partial charge in [-0.2, -0.15) is 4.98 Å². The molecule has 2 aliphatic heterocycles. The van der Waals surface area contributed by atoms with Crippen LogP contribution in [0.2, 0.25) is 0 Å². The van der Waals surface area contributed by atoms with Gasteiger partial charge in [-0.15, -0.1) is 0 Å². The summed E-state index contributed by atoms with van der Waals surface area (Å²) in [5.41, 5.74) is -0.649. The Morgan fingerprint density at radius 3 is 2.65 bits per heavy atom. The number of hydrogen-bond acceptors (Lipinski definition) is 10. The molecular formula is C25H32FN7O3S. The Hall–Kier alpha value is -3.12. The minimum atomic E-state index is -3.01. The van der Waals surface area contributed by atoms with Crippen LogP contribution >= 0.6 is 0 Å². The SMILES string of the molecule is CCc1cnc(N2CC(CS(C)(=O)=O)C2)c2cnc(Nc3ccnc(N4CC[C@@H](O)[C@@](C)(F)C4)n3)cc12. The van der Waals surface area contributed by atoms with Crippen LogP contribution in [0.1, 0.15) is 25.8 Å². The van der Waals surface area contributed by atoms with Crippen LogP contribution in [0.4, 0.5) is 27.8 Å². The van der Waals surface area contributed by atoms with Crippen molar-refractivity contribution in [3.8, 4) is 0 Å². The molecule has 2 fully saturated rings. The second-order valence-corrected chi connectivity index (χ2v) is 12.5. The molecular weight excluding hydrogens is 497 g/mol. The lowest BCUT2D eigenvalue weighted by atomic mass is 9.94. The van der Waals surface area contributed by atoms with Crippen LogP contribution in [-0.4, -0.2) is 83.4 Å². The monoisotopic (exact) mass is 529 g/mol. The van der Waals surface area contributed by atoms with Gasteiger partial charge in [0.2, 0.25) is 5.95 Å². The Bertz CT molecular complexity index is 1410. The second kappa shape index (κ2) is 9.64. The molecule has 3 aromatic heterocycles. The zero-order valence-electron chi connectivity index (χ0n) is 21.2. The molecule has 0 aliphatic carbocycles. The van der Waals surface area contributed by atoms with Crippen molar-refractivity contribution in [2.75, 3.05) is 53.3 Å². The number of aryl methyl sites for hydroxylation is 1. The van der Waals surface area contributed by atoms with E-state index < -0.39 is 21.6 Å². The first-order valence-corrected chi connectivity index (χ1v) is 14.5. The molecule has 37 heavy (non-hydrogen) atoms. The zero-order chi connectivity index (χ0) is 26.4. The van der Waals surface area contributed by atoms with E-state index in [1.807, 2.05) is 12.3 Å². The third-order valence-electron chi connectivity index (χ3n) is 7.06. The first kappa shape index (κ1) is 25.5. The smallest absolute Gasteiger partial charge is 0.227 e. The van der Waals surface area contributed by atoms with Crippen LogP contribution in [0.5, 0.6) is 0 Å². The van der Waals surface area contributed by atoms with E-state index >= 15 is 0 Å². The first-order chi connectivity index (χ1) is 17.5. The van der Waals surface area contributed by atoms with Crippen molar-refractivity contribution >= 4 is 44.0 Å². The number of aliphatic hydroxyl groups excluding tert-OH is 1. The third-order valence-corrected chi connectivity index (χ3v) is 8.14. The molecule has 2 aliphatic rings. The predicted octanol–water partition coefficient (Wildman–Crippen LogP) is 2.51. The van der Waals surface area contributed by atoms with Gasteiger partial charge in [-0.1, -0.05) is 6.92 Å². The number of sulfone groups is 1. The van der Waals surface area contributed by atoms with Crippen molar-refractivity contribution in [3.63, 3.8) is 0 Å². The van der Waals surface area contributed by atoms with E-state index in [-0.39, 0.29) is 18.2 Å². The third kappa shape index (κ3) is 5.45. The fourth-order valence-electron chi connectivity index (χ4n) is 5.06. The van der Waals surface area contributed by atoms with Gasteiger partial charge >= 0.3 is 0 Å². The molecule has 198 valence electrons. The number of halogens is 1. The van der Waals surface area contributed by atoms with E-state index in [2.05, 4.69) is 37.1 Å². The molecule has 0 bridgehead atoms. The van der Waals surface area contributed by atoms with E-state index in [0.717, 1.165) is 28.6 Å². The molecule has 0 radical (unpaired) electrons. The van der Waals surface area contributed by atoms with E-state index in [1.165, 1.54) is 13.2 Å². The summed E-state index contributed by atoms with van der Waals surface area (Å²) < 4.78 is 37.9.